The van der Waals surface area contributed by atoms with Gasteiger partial charge in [-0.2, -0.15) is 11.8 Å². The number of hydrogen-bond donors (Lipinski definition) is 1. The summed E-state index contributed by atoms with van der Waals surface area (Å²) in [6.45, 7) is 7.26. The molecule has 3 atom stereocenters. The average Bonchev–Trinajstić information content (AvgIpc) is 2.42. The molecule has 0 heterocycles. The third-order valence-electron chi connectivity index (χ3n) is 5.78. The molecular formula is C17H33NS. The van der Waals surface area contributed by atoms with Crippen molar-refractivity contribution in [2.24, 2.45) is 17.1 Å². The first-order valence-electron chi connectivity index (χ1n) is 8.44. The molecule has 19 heavy (non-hydrogen) atoms. The van der Waals surface area contributed by atoms with Crippen LogP contribution in [-0.4, -0.2) is 16.5 Å². The molecule has 2 N–H and O–H groups in total. The van der Waals surface area contributed by atoms with Crippen LogP contribution in [0.25, 0.3) is 0 Å². The van der Waals surface area contributed by atoms with Gasteiger partial charge in [-0.3, -0.25) is 0 Å². The van der Waals surface area contributed by atoms with Crippen molar-refractivity contribution in [3.63, 3.8) is 0 Å². The van der Waals surface area contributed by atoms with E-state index in [1.807, 2.05) is 0 Å². The van der Waals surface area contributed by atoms with Gasteiger partial charge in [0.15, 0.2) is 0 Å². The predicted molar refractivity (Wildman–Crippen MR) is 87.6 cm³/mol. The van der Waals surface area contributed by atoms with Crippen LogP contribution in [0.3, 0.4) is 0 Å². The largest absolute Gasteiger partial charge is 0.327 e. The van der Waals surface area contributed by atoms with E-state index in [4.69, 9.17) is 5.73 Å². The Labute approximate surface area is 124 Å². The van der Waals surface area contributed by atoms with Crippen molar-refractivity contribution in [3.8, 4) is 0 Å². The van der Waals surface area contributed by atoms with Gasteiger partial charge in [0.25, 0.3) is 0 Å². The highest BCUT2D eigenvalue weighted by molar-refractivity contribution is 8.00. The molecule has 0 spiro atoms. The lowest BCUT2D eigenvalue weighted by Crippen LogP contribution is -2.43. The van der Waals surface area contributed by atoms with E-state index in [0.717, 1.165) is 16.4 Å². The third-order valence-corrected chi connectivity index (χ3v) is 7.53. The zero-order valence-electron chi connectivity index (χ0n) is 13.2. The standard InChI is InChI=1S/C17H33NS/c1-4-17(2,3)13-10-11-15(18)16(12-13)19-14-8-6-5-7-9-14/h13-16H,4-12,18H2,1-3H3. The van der Waals surface area contributed by atoms with Crippen LogP contribution in [0.1, 0.15) is 78.6 Å². The number of hydrogen-bond acceptors (Lipinski definition) is 2. The van der Waals surface area contributed by atoms with E-state index in [1.54, 1.807) is 0 Å². The first-order valence-corrected chi connectivity index (χ1v) is 9.38. The quantitative estimate of drug-likeness (QED) is 0.787. The lowest BCUT2D eigenvalue weighted by Gasteiger charge is -2.43. The van der Waals surface area contributed by atoms with Crippen LogP contribution < -0.4 is 5.73 Å². The SMILES string of the molecule is CCC(C)(C)C1CCC(N)C(SC2CCCCC2)C1. The van der Waals surface area contributed by atoms with E-state index in [9.17, 15) is 0 Å². The Morgan fingerprint density at radius 2 is 1.74 bits per heavy atom. The van der Waals surface area contributed by atoms with Crippen LogP contribution in [0.15, 0.2) is 0 Å². The number of thioether (sulfide) groups is 1. The van der Waals surface area contributed by atoms with Gasteiger partial charge in [-0.15, -0.1) is 0 Å². The van der Waals surface area contributed by atoms with Crippen molar-refractivity contribution in [2.75, 3.05) is 0 Å². The van der Waals surface area contributed by atoms with E-state index in [1.165, 1.54) is 57.8 Å². The maximum atomic E-state index is 6.42. The topological polar surface area (TPSA) is 26.0 Å². The summed E-state index contributed by atoms with van der Waals surface area (Å²) < 4.78 is 0. The molecule has 2 saturated carbocycles. The summed E-state index contributed by atoms with van der Waals surface area (Å²) in [5, 5.41) is 1.64. The van der Waals surface area contributed by atoms with E-state index < -0.39 is 0 Å². The molecule has 0 radical (unpaired) electrons. The highest BCUT2D eigenvalue weighted by Gasteiger charge is 2.37. The van der Waals surface area contributed by atoms with Crippen LogP contribution >= 0.6 is 11.8 Å². The van der Waals surface area contributed by atoms with Crippen LogP contribution in [-0.2, 0) is 0 Å². The lowest BCUT2D eigenvalue weighted by molar-refractivity contribution is 0.148. The Kier molecular flexibility index (Phi) is 5.65. The van der Waals surface area contributed by atoms with Gasteiger partial charge in [-0.25, -0.2) is 0 Å². The zero-order chi connectivity index (χ0) is 13.9. The molecule has 2 aliphatic rings. The fourth-order valence-corrected chi connectivity index (χ4v) is 5.54. The van der Waals surface area contributed by atoms with Crippen molar-refractivity contribution in [2.45, 2.75) is 95.1 Å². The fraction of sp³-hybridized carbons (Fsp3) is 1.00. The molecule has 0 saturated heterocycles. The van der Waals surface area contributed by atoms with Gasteiger partial charge in [0.2, 0.25) is 0 Å². The molecule has 0 aromatic carbocycles. The average molecular weight is 284 g/mol. The Morgan fingerprint density at radius 3 is 2.37 bits per heavy atom. The summed E-state index contributed by atoms with van der Waals surface area (Å²) in [6.07, 6.45) is 12.5. The molecule has 3 unspecified atom stereocenters. The Balaban J connectivity index is 1.90. The summed E-state index contributed by atoms with van der Waals surface area (Å²) in [6, 6.07) is 0.454. The highest BCUT2D eigenvalue weighted by Crippen LogP contribution is 2.45. The summed E-state index contributed by atoms with van der Waals surface area (Å²) >= 11 is 2.25. The van der Waals surface area contributed by atoms with E-state index in [0.29, 0.717) is 11.5 Å². The van der Waals surface area contributed by atoms with Gasteiger partial charge in [-0.1, -0.05) is 46.5 Å². The second-order valence-corrected chi connectivity index (χ2v) is 8.99. The van der Waals surface area contributed by atoms with E-state index in [2.05, 4.69) is 32.5 Å². The van der Waals surface area contributed by atoms with Crippen LogP contribution in [0, 0.1) is 11.3 Å². The molecule has 0 bridgehead atoms. The Morgan fingerprint density at radius 1 is 1.05 bits per heavy atom. The highest BCUT2D eigenvalue weighted by atomic mass is 32.2. The van der Waals surface area contributed by atoms with Gasteiger partial charge in [0, 0.05) is 16.5 Å². The normalized spacial score (nSPS) is 34.4. The molecule has 2 rings (SSSR count). The molecule has 2 heteroatoms. The van der Waals surface area contributed by atoms with Crippen LogP contribution in [0.5, 0.6) is 0 Å². The number of nitrogens with two attached hydrogens (primary N) is 1. The van der Waals surface area contributed by atoms with Gasteiger partial charge < -0.3 is 5.73 Å². The minimum atomic E-state index is 0.454. The summed E-state index contributed by atoms with van der Waals surface area (Å²) in [5.41, 5.74) is 6.93. The fourth-order valence-electron chi connectivity index (χ4n) is 3.76. The van der Waals surface area contributed by atoms with Gasteiger partial charge in [-0.05, 0) is 43.4 Å². The van der Waals surface area contributed by atoms with Crippen molar-refractivity contribution in [1.29, 1.82) is 0 Å². The molecule has 1 nitrogen and oxygen atoms in total. The zero-order valence-corrected chi connectivity index (χ0v) is 14.0. The second kappa shape index (κ2) is 6.85. The van der Waals surface area contributed by atoms with Crippen molar-refractivity contribution in [3.05, 3.63) is 0 Å². The molecule has 0 aliphatic heterocycles. The van der Waals surface area contributed by atoms with Crippen LogP contribution in [0.2, 0.25) is 0 Å². The summed E-state index contributed by atoms with van der Waals surface area (Å²) in [7, 11) is 0. The Bertz CT molecular complexity index is 270. The first kappa shape index (κ1) is 15.7. The predicted octanol–water partition coefficient (Wildman–Crippen LogP) is 4.98. The van der Waals surface area contributed by atoms with Crippen LogP contribution in [0.4, 0.5) is 0 Å². The van der Waals surface area contributed by atoms with E-state index in [-0.39, 0.29) is 0 Å². The molecule has 2 fully saturated rings. The van der Waals surface area contributed by atoms with Gasteiger partial charge in [0.05, 0.1) is 0 Å². The lowest BCUT2D eigenvalue weighted by atomic mass is 9.69. The minimum Gasteiger partial charge on any atom is -0.327 e. The van der Waals surface area contributed by atoms with Gasteiger partial charge in [0.1, 0.15) is 0 Å². The maximum absolute atomic E-state index is 6.42. The molecule has 0 aromatic heterocycles. The van der Waals surface area contributed by atoms with E-state index >= 15 is 0 Å². The number of rotatable bonds is 4. The summed E-state index contributed by atoms with van der Waals surface area (Å²) in [5.74, 6) is 0.887. The second-order valence-electron chi connectivity index (χ2n) is 7.45. The van der Waals surface area contributed by atoms with Crippen molar-refractivity contribution in [1.82, 2.24) is 0 Å². The maximum Gasteiger partial charge on any atom is 0.0204 e. The molecule has 0 amide bonds. The monoisotopic (exact) mass is 283 g/mol. The Hall–Kier alpha value is 0.310. The van der Waals surface area contributed by atoms with Crippen molar-refractivity contribution >= 4 is 11.8 Å². The third kappa shape index (κ3) is 4.14. The van der Waals surface area contributed by atoms with Crippen molar-refractivity contribution < 1.29 is 0 Å². The molecule has 0 aromatic rings. The minimum absolute atomic E-state index is 0.454. The first-order chi connectivity index (χ1) is 9.03. The van der Waals surface area contributed by atoms with Gasteiger partial charge >= 0.3 is 0 Å². The smallest absolute Gasteiger partial charge is 0.0204 e. The molecule has 2 aliphatic carbocycles. The summed E-state index contributed by atoms with van der Waals surface area (Å²) in [4.78, 5) is 0. The molecule has 112 valence electrons. The molecular weight excluding hydrogens is 250 g/mol.